The molecule has 152 valence electrons. The zero-order valence-corrected chi connectivity index (χ0v) is 15.3. The van der Waals surface area contributed by atoms with E-state index in [1.807, 2.05) is 0 Å². The number of nitrogens with zero attached hydrogens (tertiary/aromatic N) is 3. The Balaban J connectivity index is 2.14. The van der Waals surface area contributed by atoms with E-state index in [2.05, 4.69) is 22.3 Å². The number of rotatable bonds is 5. The van der Waals surface area contributed by atoms with Crippen LogP contribution in [0.5, 0.6) is 0 Å². The molecule has 7 nitrogen and oxygen atoms in total. The van der Waals surface area contributed by atoms with Gasteiger partial charge in [0.05, 0.1) is 42.1 Å². The molecule has 1 amide bonds. The Bertz CT molecular complexity index is 995. The summed E-state index contributed by atoms with van der Waals surface area (Å²) in [5.41, 5.74) is -3.45. The first-order valence-corrected chi connectivity index (χ1v) is 8.34. The van der Waals surface area contributed by atoms with Crippen molar-refractivity contribution in [3.8, 4) is 17.9 Å². The second-order valence-electron chi connectivity index (χ2n) is 6.30. The van der Waals surface area contributed by atoms with Gasteiger partial charge < -0.3 is 15.5 Å². The fourth-order valence-electron chi connectivity index (χ4n) is 2.34. The topological polar surface area (TPSA) is 111 Å². The minimum atomic E-state index is -4.77. The maximum Gasteiger partial charge on any atom is 0.417 e. The van der Waals surface area contributed by atoms with E-state index in [0.29, 0.717) is 11.6 Å². The highest BCUT2D eigenvalue weighted by Gasteiger charge is 2.35. The van der Waals surface area contributed by atoms with Gasteiger partial charge in [-0.05, 0) is 25.1 Å². The van der Waals surface area contributed by atoms with Crippen LogP contribution in [0.4, 0.5) is 18.9 Å². The summed E-state index contributed by atoms with van der Waals surface area (Å²) in [6.07, 6.45) is -1.59. The number of carbonyl (C=O) groups excluding carboxylic acids is 1. The third-order valence-electron chi connectivity index (χ3n) is 3.77. The summed E-state index contributed by atoms with van der Waals surface area (Å²) in [7, 11) is 0. The predicted molar refractivity (Wildman–Crippen MR) is 96.2 cm³/mol. The van der Waals surface area contributed by atoms with Gasteiger partial charge in [0, 0.05) is 18.3 Å². The van der Waals surface area contributed by atoms with Crippen molar-refractivity contribution in [2.45, 2.75) is 31.7 Å². The number of carbonyl (C=O) groups is 1. The summed E-state index contributed by atoms with van der Waals surface area (Å²) in [5.74, 6) is 4.50. The molecule has 1 aromatic carbocycles. The summed E-state index contributed by atoms with van der Waals surface area (Å²) >= 11 is 0. The van der Waals surface area contributed by atoms with Crippen molar-refractivity contribution in [3.05, 3.63) is 47.3 Å². The van der Waals surface area contributed by atoms with E-state index in [1.54, 1.807) is 0 Å². The molecule has 0 aliphatic carbocycles. The fraction of sp³-hybridized carbons (Fsp3) is 0.316. The molecule has 0 bridgehead atoms. The summed E-state index contributed by atoms with van der Waals surface area (Å²) in [4.78, 5) is 12.4. The van der Waals surface area contributed by atoms with Crippen LogP contribution in [0.25, 0.3) is 0 Å². The second kappa shape index (κ2) is 8.78. The van der Waals surface area contributed by atoms with Gasteiger partial charge in [-0.15, -0.1) is 0 Å². The lowest BCUT2D eigenvalue weighted by Crippen LogP contribution is -2.43. The number of benzene rings is 1. The van der Waals surface area contributed by atoms with Gasteiger partial charge in [0.15, 0.2) is 5.60 Å². The first-order chi connectivity index (χ1) is 13.6. The molecule has 0 spiro atoms. The minimum absolute atomic E-state index is 0.0819. The molecule has 0 aliphatic heterocycles. The molecule has 0 aliphatic rings. The van der Waals surface area contributed by atoms with Gasteiger partial charge >= 0.3 is 6.18 Å². The summed E-state index contributed by atoms with van der Waals surface area (Å²) in [6, 6.07) is 4.17. The van der Waals surface area contributed by atoms with Crippen molar-refractivity contribution in [1.29, 1.82) is 5.26 Å². The van der Waals surface area contributed by atoms with Gasteiger partial charge in [-0.3, -0.25) is 9.48 Å². The minimum Gasteiger partial charge on any atom is -0.395 e. The van der Waals surface area contributed by atoms with E-state index in [1.165, 1.54) is 30.1 Å². The van der Waals surface area contributed by atoms with E-state index < -0.39 is 28.8 Å². The normalized spacial score (nSPS) is 13.0. The van der Waals surface area contributed by atoms with E-state index in [9.17, 15) is 23.1 Å². The molecular weight excluding hydrogens is 389 g/mol. The van der Waals surface area contributed by atoms with Crippen molar-refractivity contribution < 1.29 is 28.2 Å². The Morgan fingerprint density at radius 3 is 2.72 bits per heavy atom. The standard InChI is InChI=1S/C19H17F3N4O3/c1-18(29,12-26-11-13(10-24-26)4-2-3-7-27)17(28)25-15-6-5-14(9-23)16(8-15)19(20,21)22/h5-6,8,10-11,27,29H,3,7,12H2,1H3,(H,25,28). The summed E-state index contributed by atoms with van der Waals surface area (Å²) in [5, 5.41) is 34.1. The Hall–Kier alpha value is -3.34. The van der Waals surface area contributed by atoms with Gasteiger partial charge in [0.1, 0.15) is 0 Å². The number of nitriles is 1. The average Bonchev–Trinajstić information content (AvgIpc) is 3.07. The molecular formula is C19H17F3N4O3. The molecule has 2 rings (SSSR count). The number of halogens is 3. The summed E-state index contributed by atoms with van der Waals surface area (Å²) < 4.78 is 40.4. The van der Waals surface area contributed by atoms with Crippen molar-refractivity contribution in [2.75, 3.05) is 11.9 Å². The molecule has 0 saturated heterocycles. The number of alkyl halides is 3. The van der Waals surface area contributed by atoms with E-state index >= 15 is 0 Å². The van der Waals surface area contributed by atoms with Crippen LogP contribution in [0.1, 0.15) is 30.0 Å². The number of nitrogens with one attached hydrogen (secondary N) is 1. The third-order valence-corrected chi connectivity index (χ3v) is 3.77. The van der Waals surface area contributed by atoms with Crippen LogP contribution in [-0.2, 0) is 17.5 Å². The van der Waals surface area contributed by atoms with E-state index in [-0.39, 0.29) is 25.3 Å². The number of aliphatic hydroxyl groups excluding tert-OH is 1. The van der Waals surface area contributed by atoms with Crippen LogP contribution in [0.15, 0.2) is 30.6 Å². The highest BCUT2D eigenvalue weighted by molar-refractivity contribution is 5.96. The highest BCUT2D eigenvalue weighted by Crippen LogP contribution is 2.33. The zero-order valence-electron chi connectivity index (χ0n) is 15.3. The Morgan fingerprint density at radius 1 is 1.38 bits per heavy atom. The maximum absolute atomic E-state index is 13.0. The molecule has 29 heavy (non-hydrogen) atoms. The first-order valence-electron chi connectivity index (χ1n) is 8.34. The molecule has 3 N–H and O–H groups in total. The van der Waals surface area contributed by atoms with Gasteiger partial charge in [0.2, 0.25) is 0 Å². The van der Waals surface area contributed by atoms with Crippen molar-refractivity contribution in [3.63, 3.8) is 0 Å². The average molecular weight is 406 g/mol. The number of aromatic nitrogens is 2. The lowest BCUT2D eigenvalue weighted by Gasteiger charge is -2.22. The van der Waals surface area contributed by atoms with Crippen LogP contribution in [-0.4, -0.2) is 38.1 Å². The largest absolute Gasteiger partial charge is 0.417 e. The molecule has 1 aromatic heterocycles. The van der Waals surface area contributed by atoms with E-state index in [4.69, 9.17) is 10.4 Å². The lowest BCUT2D eigenvalue weighted by atomic mass is 10.0. The van der Waals surface area contributed by atoms with Crippen molar-refractivity contribution in [2.24, 2.45) is 0 Å². The quantitative estimate of drug-likeness (QED) is 0.657. The smallest absolute Gasteiger partial charge is 0.395 e. The predicted octanol–water partition coefficient (Wildman–Crippen LogP) is 1.90. The number of hydrogen-bond acceptors (Lipinski definition) is 5. The van der Waals surface area contributed by atoms with Crippen LogP contribution in [0, 0.1) is 23.2 Å². The van der Waals surface area contributed by atoms with Crippen LogP contribution in [0.2, 0.25) is 0 Å². The zero-order chi connectivity index (χ0) is 21.7. The number of aliphatic hydroxyl groups is 2. The molecule has 1 heterocycles. The molecule has 1 atom stereocenters. The van der Waals surface area contributed by atoms with Gasteiger partial charge in [-0.1, -0.05) is 11.8 Å². The fourth-order valence-corrected chi connectivity index (χ4v) is 2.34. The molecule has 0 fully saturated rings. The molecule has 1 unspecified atom stereocenters. The van der Waals surface area contributed by atoms with Crippen LogP contribution in [0.3, 0.4) is 0 Å². The molecule has 2 aromatic rings. The Morgan fingerprint density at radius 2 is 2.10 bits per heavy atom. The van der Waals surface area contributed by atoms with Gasteiger partial charge in [0.25, 0.3) is 5.91 Å². The monoisotopic (exact) mass is 406 g/mol. The van der Waals surface area contributed by atoms with Crippen LogP contribution < -0.4 is 5.32 Å². The molecule has 10 heteroatoms. The van der Waals surface area contributed by atoms with Gasteiger partial charge in [-0.25, -0.2) is 0 Å². The molecule has 0 radical (unpaired) electrons. The number of anilines is 1. The Labute approximate surface area is 164 Å². The van der Waals surface area contributed by atoms with Gasteiger partial charge in [-0.2, -0.15) is 23.5 Å². The SMILES string of the molecule is CC(O)(Cn1cc(C#CCCO)cn1)C(=O)Nc1ccc(C#N)c(C(F)(F)F)c1. The van der Waals surface area contributed by atoms with Crippen molar-refractivity contribution in [1.82, 2.24) is 9.78 Å². The molecule has 0 saturated carbocycles. The highest BCUT2D eigenvalue weighted by atomic mass is 19.4. The van der Waals surface area contributed by atoms with Crippen LogP contribution >= 0.6 is 0 Å². The number of amides is 1. The van der Waals surface area contributed by atoms with Crippen molar-refractivity contribution >= 4 is 11.6 Å². The van der Waals surface area contributed by atoms with E-state index in [0.717, 1.165) is 12.1 Å². The lowest BCUT2D eigenvalue weighted by molar-refractivity contribution is -0.138. The third kappa shape index (κ3) is 5.82. The maximum atomic E-state index is 13.0. The Kier molecular flexibility index (Phi) is 6.64. The second-order valence-corrected chi connectivity index (χ2v) is 6.30. The first kappa shape index (κ1) is 22.0. The summed E-state index contributed by atoms with van der Waals surface area (Å²) in [6.45, 7) is 0.833. The number of hydrogen-bond donors (Lipinski definition) is 3.